The molecule has 5 rings (SSSR count). The third-order valence-electron chi connectivity index (χ3n) is 6.57. The number of carbonyl (C=O) groups excluding carboxylic acids is 1. The molecule has 0 saturated carbocycles. The van der Waals surface area contributed by atoms with Crippen LogP contribution >= 0.6 is 22.9 Å². The lowest BCUT2D eigenvalue weighted by molar-refractivity contribution is -0.384. The molecule has 0 bridgehead atoms. The van der Waals surface area contributed by atoms with E-state index >= 15 is 0 Å². The lowest BCUT2D eigenvalue weighted by Gasteiger charge is -2.26. The van der Waals surface area contributed by atoms with Crippen LogP contribution in [0.3, 0.4) is 0 Å². The van der Waals surface area contributed by atoms with Gasteiger partial charge in [-0.25, -0.2) is 9.79 Å². The van der Waals surface area contributed by atoms with Crippen molar-refractivity contribution in [2.45, 2.75) is 19.9 Å². The molecule has 1 atom stereocenters. The van der Waals surface area contributed by atoms with E-state index in [1.165, 1.54) is 43.1 Å². The number of carbonyl (C=O) groups is 1. The minimum Gasteiger partial charge on any atom is -0.497 e. The van der Waals surface area contributed by atoms with Crippen molar-refractivity contribution in [2.24, 2.45) is 4.99 Å². The molecule has 0 fully saturated rings. The van der Waals surface area contributed by atoms with Crippen LogP contribution in [0.4, 0.5) is 5.69 Å². The third kappa shape index (κ3) is 5.21. The highest BCUT2D eigenvalue weighted by Gasteiger charge is 2.35. The van der Waals surface area contributed by atoms with Crippen molar-refractivity contribution in [2.75, 3.05) is 20.8 Å². The van der Waals surface area contributed by atoms with E-state index in [9.17, 15) is 19.7 Å². The number of nitro benzene ring substituents is 1. The van der Waals surface area contributed by atoms with E-state index in [1.54, 1.807) is 44.2 Å². The molecule has 42 heavy (non-hydrogen) atoms. The Bertz CT molecular complexity index is 1940. The van der Waals surface area contributed by atoms with Gasteiger partial charge in [-0.05, 0) is 56.3 Å². The van der Waals surface area contributed by atoms with Gasteiger partial charge in [0.05, 0.1) is 47.1 Å². The van der Waals surface area contributed by atoms with Crippen LogP contribution in [0.1, 0.15) is 31.2 Å². The predicted molar refractivity (Wildman–Crippen MR) is 156 cm³/mol. The van der Waals surface area contributed by atoms with Gasteiger partial charge in [0.15, 0.2) is 4.80 Å². The van der Waals surface area contributed by atoms with E-state index in [0.717, 1.165) is 11.3 Å². The number of hydrogen-bond acceptors (Lipinski definition) is 10. The molecule has 13 heteroatoms. The molecule has 0 radical (unpaired) electrons. The Balaban J connectivity index is 1.68. The highest BCUT2D eigenvalue weighted by atomic mass is 35.5. The average molecular weight is 610 g/mol. The number of allylic oxidation sites excluding steroid dienone is 1. The van der Waals surface area contributed by atoms with Crippen molar-refractivity contribution < 1.29 is 28.3 Å². The first-order valence-corrected chi connectivity index (χ1v) is 13.8. The Kier molecular flexibility index (Phi) is 8.01. The third-order valence-corrected chi connectivity index (χ3v) is 7.79. The van der Waals surface area contributed by atoms with E-state index in [1.807, 2.05) is 0 Å². The Morgan fingerprint density at radius 1 is 1.19 bits per heavy atom. The smallest absolute Gasteiger partial charge is 0.338 e. The minimum atomic E-state index is -0.920. The summed E-state index contributed by atoms with van der Waals surface area (Å²) < 4.78 is 23.9. The molecule has 3 heterocycles. The largest absolute Gasteiger partial charge is 0.497 e. The quantitative estimate of drug-likeness (QED) is 0.160. The van der Waals surface area contributed by atoms with Crippen LogP contribution in [0.5, 0.6) is 11.5 Å². The van der Waals surface area contributed by atoms with Gasteiger partial charge in [0, 0.05) is 22.7 Å². The Labute approximate surface area is 247 Å². The number of aromatic nitrogens is 1. The van der Waals surface area contributed by atoms with E-state index in [2.05, 4.69) is 4.99 Å². The number of hydrogen-bond donors (Lipinski definition) is 0. The van der Waals surface area contributed by atoms with Gasteiger partial charge in [-0.3, -0.25) is 19.5 Å². The van der Waals surface area contributed by atoms with Crippen LogP contribution < -0.4 is 24.4 Å². The lowest BCUT2D eigenvalue weighted by Crippen LogP contribution is -2.40. The first kappa shape index (κ1) is 28.8. The number of nitrogens with zero attached hydrogens (tertiary/aromatic N) is 3. The summed E-state index contributed by atoms with van der Waals surface area (Å²) in [6.07, 6.45) is 1.53. The fourth-order valence-electron chi connectivity index (χ4n) is 4.71. The molecule has 2 aromatic carbocycles. The van der Waals surface area contributed by atoms with Gasteiger partial charge in [0.1, 0.15) is 29.1 Å². The van der Waals surface area contributed by atoms with Gasteiger partial charge >= 0.3 is 5.97 Å². The molecular formula is C29H24ClN3O8S. The topological polar surface area (TPSA) is 135 Å². The molecule has 0 N–H and O–H groups in total. The molecule has 0 aliphatic carbocycles. The molecule has 1 aliphatic heterocycles. The van der Waals surface area contributed by atoms with Crippen molar-refractivity contribution >= 4 is 40.7 Å². The summed E-state index contributed by atoms with van der Waals surface area (Å²) in [5.41, 5.74) is 0.696. The number of thiazole rings is 1. The Morgan fingerprint density at radius 3 is 2.67 bits per heavy atom. The summed E-state index contributed by atoms with van der Waals surface area (Å²) >= 11 is 7.05. The zero-order valence-electron chi connectivity index (χ0n) is 22.9. The zero-order chi connectivity index (χ0) is 30.1. The fourth-order valence-corrected chi connectivity index (χ4v) is 5.90. The maximum absolute atomic E-state index is 13.9. The molecule has 216 valence electrons. The van der Waals surface area contributed by atoms with E-state index in [-0.39, 0.29) is 44.5 Å². The van der Waals surface area contributed by atoms with Gasteiger partial charge in [0.2, 0.25) is 0 Å². The van der Waals surface area contributed by atoms with E-state index < -0.39 is 22.5 Å². The number of furan rings is 1. The standard InChI is InChI=1S/C29H24ClN3O8S/c1-5-40-28(35)25-15(2)31-29-32(26(25)20-13-17(38-3)7-10-22(20)39-4)27(34)24(42-29)14-18-8-11-23(41-18)19-9-6-16(30)12-21(19)33(36)37/h6-14,26H,5H2,1-4H3/b24-14-. The van der Waals surface area contributed by atoms with Crippen LogP contribution in [0, 0.1) is 10.1 Å². The molecule has 4 aromatic rings. The molecule has 0 spiro atoms. The number of rotatable bonds is 8. The maximum atomic E-state index is 13.9. The monoisotopic (exact) mass is 609 g/mol. The molecule has 11 nitrogen and oxygen atoms in total. The Hall–Kier alpha value is -4.68. The van der Waals surface area contributed by atoms with Crippen LogP contribution in [0.2, 0.25) is 5.02 Å². The fraction of sp³-hybridized carbons (Fsp3) is 0.207. The van der Waals surface area contributed by atoms with Gasteiger partial charge in [-0.15, -0.1) is 0 Å². The number of ether oxygens (including phenoxy) is 3. The van der Waals surface area contributed by atoms with Crippen LogP contribution in [-0.2, 0) is 9.53 Å². The van der Waals surface area contributed by atoms with E-state index in [4.69, 9.17) is 30.2 Å². The molecule has 1 aliphatic rings. The second-order valence-electron chi connectivity index (χ2n) is 9.03. The van der Waals surface area contributed by atoms with Gasteiger partial charge in [-0.1, -0.05) is 22.9 Å². The zero-order valence-corrected chi connectivity index (χ0v) is 24.4. The summed E-state index contributed by atoms with van der Waals surface area (Å²) in [5, 5.41) is 11.8. The number of benzene rings is 2. The van der Waals surface area contributed by atoms with Crippen LogP contribution in [0.15, 0.2) is 74.0 Å². The maximum Gasteiger partial charge on any atom is 0.338 e. The molecule has 2 aromatic heterocycles. The number of nitro groups is 1. The van der Waals surface area contributed by atoms with Crippen molar-refractivity contribution in [3.05, 3.63) is 106 Å². The first-order valence-electron chi connectivity index (χ1n) is 12.6. The van der Waals surface area contributed by atoms with Crippen LogP contribution in [0.25, 0.3) is 17.4 Å². The Morgan fingerprint density at radius 2 is 1.98 bits per heavy atom. The second-order valence-corrected chi connectivity index (χ2v) is 10.5. The molecule has 1 unspecified atom stereocenters. The van der Waals surface area contributed by atoms with Crippen molar-refractivity contribution in [3.63, 3.8) is 0 Å². The van der Waals surface area contributed by atoms with Crippen molar-refractivity contribution in [1.29, 1.82) is 0 Å². The first-order chi connectivity index (χ1) is 20.2. The molecule has 0 amide bonds. The number of esters is 1. The highest BCUT2D eigenvalue weighted by molar-refractivity contribution is 7.07. The predicted octanol–water partition coefficient (Wildman–Crippen LogP) is 4.64. The average Bonchev–Trinajstić information content (AvgIpc) is 3.55. The SMILES string of the molecule is CCOC(=O)C1=C(C)N=c2s/c(=C\c3ccc(-c4ccc(Cl)cc4[N+](=O)[O-])o3)c(=O)n2C1c1cc(OC)ccc1OC. The highest BCUT2D eigenvalue weighted by Crippen LogP contribution is 2.38. The van der Waals surface area contributed by atoms with Crippen molar-refractivity contribution in [1.82, 2.24) is 4.57 Å². The van der Waals surface area contributed by atoms with E-state index in [0.29, 0.717) is 27.6 Å². The summed E-state index contributed by atoms with van der Waals surface area (Å²) in [4.78, 5) is 43.1. The van der Waals surface area contributed by atoms with Crippen molar-refractivity contribution in [3.8, 4) is 22.8 Å². The number of halogens is 1. The number of fused-ring (bicyclic) bond motifs is 1. The van der Waals surface area contributed by atoms with Gasteiger partial charge < -0.3 is 18.6 Å². The minimum absolute atomic E-state index is 0.134. The number of methoxy groups -OCH3 is 2. The van der Waals surface area contributed by atoms with Crippen LogP contribution in [-0.4, -0.2) is 36.3 Å². The van der Waals surface area contributed by atoms with Gasteiger partial charge in [-0.2, -0.15) is 0 Å². The summed E-state index contributed by atoms with van der Waals surface area (Å²) in [7, 11) is 3.01. The molecule has 0 saturated heterocycles. The summed E-state index contributed by atoms with van der Waals surface area (Å²) in [6, 6.07) is 11.6. The van der Waals surface area contributed by atoms with Gasteiger partial charge in [0.25, 0.3) is 11.2 Å². The normalized spacial score (nSPS) is 14.8. The summed E-state index contributed by atoms with van der Waals surface area (Å²) in [5.74, 6) is 0.855. The lowest BCUT2D eigenvalue weighted by atomic mass is 9.95. The second kappa shape index (κ2) is 11.7. The summed E-state index contributed by atoms with van der Waals surface area (Å²) in [6.45, 7) is 3.51. The molecular weight excluding hydrogens is 586 g/mol.